The van der Waals surface area contributed by atoms with E-state index in [0.29, 0.717) is 52.9 Å². The van der Waals surface area contributed by atoms with Crippen molar-refractivity contribution in [2.24, 2.45) is 0 Å². The highest BCUT2D eigenvalue weighted by atomic mass is 16.7. The Morgan fingerprint density at radius 3 is 2.22 bits per heavy atom. The smallest absolute Gasteiger partial charge is 0.180 e. The van der Waals surface area contributed by atoms with Crippen molar-refractivity contribution in [3.63, 3.8) is 0 Å². The third kappa shape index (κ3) is 12.1. The minimum absolute atomic E-state index is 0.217. The Kier molecular flexibility index (Phi) is 13.2. The van der Waals surface area contributed by atoms with Gasteiger partial charge in [0.2, 0.25) is 0 Å². The lowest BCUT2D eigenvalue weighted by Crippen LogP contribution is -2.31. The maximum atomic E-state index is 5.66. The molecule has 6 nitrogen and oxygen atoms in total. The summed E-state index contributed by atoms with van der Waals surface area (Å²) in [6.45, 7) is 6.65. The van der Waals surface area contributed by atoms with Crippen molar-refractivity contribution in [1.29, 1.82) is 0 Å². The predicted octanol–water partition coefficient (Wildman–Crippen LogP) is 3.19. The Labute approximate surface area is 163 Å². The molecule has 0 spiro atoms. The van der Waals surface area contributed by atoms with E-state index in [-0.39, 0.29) is 6.29 Å². The molecule has 2 rings (SSSR count). The van der Waals surface area contributed by atoms with Crippen molar-refractivity contribution in [1.82, 2.24) is 0 Å². The van der Waals surface area contributed by atoms with Crippen LogP contribution in [-0.2, 0) is 35.0 Å². The second-order valence-corrected chi connectivity index (χ2v) is 6.42. The molecule has 154 valence electrons. The summed E-state index contributed by atoms with van der Waals surface area (Å²) in [5, 5.41) is 0. The van der Waals surface area contributed by atoms with Crippen LogP contribution in [-0.4, -0.2) is 65.8 Å². The van der Waals surface area contributed by atoms with Crippen LogP contribution in [0.5, 0.6) is 0 Å². The number of hydrogen-bond acceptors (Lipinski definition) is 6. The summed E-state index contributed by atoms with van der Waals surface area (Å²) in [7, 11) is 0. The minimum Gasteiger partial charge on any atom is -0.379 e. The molecule has 1 aromatic carbocycles. The van der Waals surface area contributed by atoms with Gasteiger partial charge in [-0.2, -0.15) is 0 Å². The van der Waals surface area contributed by atoms with Gasteiger partial charge in [-0.15, -0.1) is 0 Å². The molecular formula is C21H34O6. The van der Waals surface area contributed by atoms with E-state index in [4.69, 9.17) is 28.4 Å². The first-order valence-corrected chi connectivity index (χ1v) is 10.0. The van der Waals surface area contributed by atoms with E-state index in [9.17, 15) is 0 Å². The molecule has 0 N–H and O–H groups in total. The van der Waals surface area contributed by atoms with E-state index in [0.717, 1.165) is 38.9 Å². The molecule has 1 aliphatic heterocycles. The van der Waals surface area contributed by atoms with Crippen LogP contribution in [0.1, 0.15) is 31.2 Å². The molecule has 1 aromatic rings. The average Bonchev–Trinajstić information content (AvgIpc) is 2.72. The summed E-state index contributed by atoms with van der Waals surface area (Å²) in [4.78, 5) is 0. The largest absolute Gasteiger partial charge is 0.379 e. The fourth-order valence-corrected chi connectivity index (χ4v) is 2.61. The molecule has 1 fully saturated rings. The Hall–Kier alpha value is -1.02. The monoisotopic (exact) mass is 382 g/mol. The zero-order chi connectivity index (χ0) is 18.8. The lowest BCUT2D eigenvalue weighted by atomic mass is 10.2. The molecule has 1 unspecified atom stereocenters. The first-order valence-electron chi connectivity index (χ1n) is 10.0. The van der Waals surface area contributed by atoms with Crippen LogP contribution >= 0.6 is 0 Å². The van der Waals surface area contributed by atoms with Crippen molar-refractivity contribution in [2.75, 3.05) is 59.5 Å². The normalized spacial score (nSPS) is 17.3. The fraction of sp³-hybridized carbons (Fsp3) is 0.714. The second-order valence-electron chi connectivity index (χ2n) is 6.42. The molecular weight excluding hydrogens is 348 g/mol. The molecule has 1 aliphatic rings. The standard InChI is InChI=1S/C21H34O6/c1-3-8-20(9-4-1)18-24-11-6-2-5-10-22-14-15-23-12-7-13-26-21-19-25-16-17-27-21/h1,3-4,8-9,21H,2,5-7,10-19H2. The van der Waals surface area contributed by atoms with Gasteiger partial charge in [-0.25, -0.2) is 0 Å². The molecule has 27 heavy (non-hydrogen) atoms. The van der Waals surface area contributed by atoms with E-state index in [2.05, 4.69) is 12.1 Å². The molecule has 0 aromatic heterocycles. The second kappa shape index (κ2) is 16.0. The van der Waals surface area contributed by atoms with Gasteiger partial charge in [-0.3, -0.25) is 0 Å². The van der Waals surface area contributed by atoms with Crippen molar-refractivity contribution in [3.05, 3.63) is 35.9 Å². The van der Waals surface area contributed by atoms with Crippen molar-refractivity contribution < 1.29 is 28.4 Å². The van der Waals surface area contributed by atoms with E-state index in [1.807, 2.05) is 18.2 Å². The predicted molar refractivity (Wildman–Crippen MR) is 103 cm³/mol. The van der Waals surface area contributed by atoms with E-state index in [1.54, 1.807) is 0 Å². The number of unbranched alkanes of at least 4 members (excludes halogenated alkanes) is 2. The third-order valence-electron chi connectivity index (χ3n) is 4.08. The summed E-state index contributed by atoms with van der Waals surface area (Å²) in [6, 6.07) is 10.3. The van der Waals surface area contributed by atoms with Gasteiger partial charge in [0.25, 0.3) is 0 Å². The molecule has 0 radical (unpaired) electrons. The lowest BCUT2D eigenvalue weighted by Gasteiger charge is -2.22. The molecule has 1 saturated heterocycles. The fourth-order valence-electron chi connectivity index (χ4n) is 2.61. The van der Waals surface area contributed by atoms with Crippen LogP contribution in [0.4, 0.5) is 0 Å². The van der Waals surface area contributed by atoms with Gasteiger partial charge in [0.05, 0.1) is 46.2 Å². The third-order valence-corrected chi connectivity index (χ3v) is 4.08. The Bertz CT molecular complexity index is 436. The summed E-state index contributed by atoms with van der Waals surface area (Å²) >= 11 is 0. The Morgan fingerprint density at radius 2 is 1.48 bits per heavy atom. The van der Waals surface area contributed by atoms with Crippen LogP contribution in [0.3, 0.4) is 0 Å². The van der Waals surface area contributed by atoms with Gasteiger partial charge in [-0.1, -0.05) is 30.3 Å². The van der Waals surface area contributed by atoms with Crippen LogP contribution < -0.4 is 0 Å². The molecule has 1 atom stereocenters. The van der Waals surface area contributed by atoms with E-state index >= 15 is 0 Å². The van der Waals surface area contributed by atoms with Crippen molar-refractivity contribution in [3.8, 4) is 0 Å². The first kappa shape index (κ1) is 22.3. The lowest BCUT2D eigenvalue weighted by molar-refractivity contribution is -0.212. The zero-order valence-electron chi connectivity index (χ0n) is 16.3. The number of hydrogen-bond donors (Lipinski definition) is 0. The number of benzene rings is 1. The van der Waals surface area contributed by atoms with Crippen LogP contribution in [0.2, 0.25) is 0 Å². The highest BCUT2D eigenvalue weighted by Gasteiger charge is 2.13. The van der Waals surface area contributed by atoms with Gasteiger partial charge < -0.3 is 28.4 Å². The maximum Gasteiger partial charge on any atom is 0.180 e. The highest BCUT2D eigenvalue weighted by molar-refractivity contribution is 5.13. The quantitative estimate of drug-likeness (QED) is 0.409. The Balaban J connectivity index is 1.24. The first-order chi connectivity index (χ1) is 13.4. The van der Waals surface area contributed by atoms with Gasteiger partial charge in [-0.05, 0) is 31.2 Å². The number of ether oxygens (including phenoxy) is 6. The summed E-state index contributed by atoms with van der Waals surface area (Å²) in [5.41, 5.74) is 1.23. The molecule has 6 heteroatoms. The summed E-state index contributed by atoms with van der Waals surface area (Å²) in [5.74, 6) is 0. The molecule has 0 saturated carbocycles. The van der Waals surface area contributed by atoms with Crippen molar-refractivity contribution in [2.45, 2.75) is 38.6 Å². The van der Waals surface area contributed by atoms with Gasteiger partial charge >= 0.3 is 0 Å². The average molecular weight is 382 g/mol. The number of rotatable bonds is 16. The van der Waals surface area contributed by atoms with Crippen LogP contribution in [0, 0.1) is 0 Å². The van der Waals surface area contributed by atoms with Crippen molar-refractivity contribution >= 4 is 0 Å². The molecule has 0 amide bonds. The van der Waals surface area contributed by atoms with Crippen LogP contribution in [0.15, 0.2) is 30.3 Å². The van der Waals surface area contributed by atoms with Crippen LogP contribution in [0.25, 0.3) is 0 Å². The molecule has 0 bridgehead atoms. The van der Waals surface area contributed by atoms with E-state index in [1.165, 1.54) is 5.56 Å². The topological polar surface area (TPSA) is 55.4 Å². The maximum absolute atomic E-state index is 5.66. The highest BCUT2D eigenvalue weighted by Crippen LogP contribution is 2.04. The van der Waals surface area contributed by atoms with Gasteiger partial charge in [0, 0.05) is 19.8 Å². The SMILES string of the molecule is c1ccc(COCCCCCOCCOCCCOC2COCCO2)cc1. The van der Waals surface area contributed by atoms with Gasteiger partial charge in [0.15, 0.2) is 6.29 Å². The molecule has 1 heterocycles. The molecule has 0 aliphatic carbocycles. The summed E-state index contributed by atoms with van der Waals surface area (Å²) in [6.07, 6.45) is 3.89. The Morgan fingerprint density at radius 1 is 0.741 bits per heavy atom. The zero-order valence-corrected chi connectivity index (χ0v) is 16.3. The van der Waals surface area contributed by atoms with Gasteiger partial charge in [0.1, 0.15) is 0 Å². The van der Waals surface area contributed by atoms with E-state index < -0.39 is 0 Å². The summed E-state index contributed by atoms with van der Waals surface area (Å²) < 4.78 is 33.0. The minimum atomic E-state index is -0.217.